The third kappa shape index (κ3) is 6.78. The van der Waals surface area contributed by atoms with E-state index in [1.165, 1.54) is 92.0 Å². The molecule has 0 bridgehead atoms. The zero-order valence-corrected chi connectivity index (χ0v) is 20.2. The summed E-state index contributed by atoms with van der Waals surface area (Å²) >= 11 is 1.70. The molecule has 5 heteroatoms. The third-order valence-electron chi connectivity index (χ3n) is 6.53. The van der Waals surface area contributed by atoms with Crippen molar-refractivity contribution in [2.24, 2.45) is 13.0 Å². The van der Waals surface area contributed by atoms with E-state index in [1.807, 2.05) is 11.7 Å². The second-order valence-electron chi connectivity index (χ2n) is 8.97. The summed E-state index contributed by atoms with van der Waals surface area (Å²) in [5.41, 5.74) is 5.04. The minimum Gasteiger partial charge on any atom is -0.323 e. The van der Waals surface area contributed by atoms with Crippen LogP contribution in [0, 0.1) is 12.8 Å². The highest BCUT2D eigenvalue weighted by atomic mass is 32.2. The molecule has 1 N–H and O–H groups in total. The number of anilines is 1. The maximum Gasteiger partial charge on any atom is 0.0890 e. The fourth-order valence-corrected chi connectivity index (χ4v) is 5.03. The number of rotatable bonds is 11. The summed E-state index contributed by atoms with van der Waals surface area (Å²) in [6.45, 7) is 6.95. The summed E-state index contributed by atoms with van der Waals surface area (Å²) in [4.78, 5) is 3.72. The number of piperidine rings is 1. The molecule has 3 rings (SSSR count). The molecule has 1 fully saturated rings. The maximum absolute atomic E-state index is 4.69. The van der Waals surface area contributed by atoms with Crippen LogP contribution in [0.25, 0.3) is 0 Å². The fourth-order valence-electron chi connectivity index (χ4n) is 4.28. The molecule has 2 heterocycles. The Kier molecular flexibility index (Phi) is 9.13. The Balaban J connectivity index is 1.41. The van der Waals surface area contributed by atoms with Crippen molar-refractivity contribution in [2.75, 3.05) is 24.9 Å². The van der Waals surface area contributed by atoms with Crippen LogP contribution < -0.4 is 4.72 Å². The lowest BCUT2D eigenvalue weighted by molar-refractivity contribution is 0.210. The molecule has 1 saturated heterocycles. The molecule has 1 aromatic heterocycles. The van der Waals surface area contributed by atoms with Gasteiger partial charge in [0.05, 0.1) is 17.1 Å². The number of aromatic nitrogens is 2. The van der Waals surface area contributed by atoms with Crippen LogP contribution in [0.3, 0.4) is 0 Å². The van der Waals surface area contributed by atoms with Gasteiger partial charge in [-0.3, -0.25) is 4.68 Å². The summed E-state index contributed by atoms with van der Waals surface area (Å²) in [6, 6.07) is 9.10. The molecule has 1 aliphatic heterocycles. The van der Waals surface area contributed by atoms with Crippen molar-refractivity contribution in [1.29, 1.82) is 0 Å². The van der Waals surface area contributed by atoms with Crippen molar-refractivity contribution >= 4 is 17.6 Å². The van der Waals surface area contributed by atoms with Gasteiger partial charge < -0.3 is 9.62 Å². The highest BCUT2D eigenvalue weighted by molar-refractivity contribution is 8.00. The molecule has 0 radical (unpaired) electrons. The molecule has 0 aliphatic carbocycles. The average Bonchev–Trinajstić information content (AvgIpc) is 3.03. The van der Waals surface area contributed by atoms with Crippen LogP contribution in [-0.2, 0) is 19.9 Å². The van der Waals surface area contributed by atoms with E-state index in [4.69, 9.17) is 5.10 Å². The molecule has 0 amide bonds. The van der Waals surface area contributed by atoms with E-state index >= 15 is 0 Å². The van der Waals surface area contributed by atoms with Crippen molar-refractivity contribution < 1.29 is 0 Å². The highest BCUT2D eigenvalue weighted by Gasteiger charge is 2.16. The summed E-state index contributed by atoms with van der Waals surface area (Å²) in [7, 11) is 4.28. The first kappa shape index (κ1) is 23.2. The van der Waals surface area contributed by atoms with Crippen LogP contribution in [0.1, 0.15) is 68.8 Å². The van der Waals surface area contributed by atoms with Crippen LogP contribution in [0.4, 0.5) is 5.69 Å². The topological polar surface area (TPSA) is 33.1 Å². The molecule has 166 valence electrons. The number of hydrogen-bond acceptors (Lipinski definition) is 4. The lowest BCUT2D eigenvalue weighted by Gasteiger charge is -2.28. The SMILES string of the molecule is CCCCc1nn(C)c(C)c1NSc1ccc(CCCCC2CCN(C)CC2)cc1. The zero-order valence-electron chi connectivity index (χ0n) is 19.4. The van der Waals surface area contributed by atoms with Gasteiger partial charge in [0.25, 0.3) is 0 Å². The molecular formula is C25H40N4S. The predicted octanol–water partition coefficient (Wildman–Crippen LogP) is 6.24. The minimum absolute atomic E-state index is 0.962. The number of hydrogen-bond donors (Lipinski definition) is 1. The summed E-state index contributed by atoms with van der Waals surface area (Å²) in [5, 5.41) is 4.69. The van der Waals surface area contributed by atoms with Gasteiger partial charge in [0.15, 0.2) is 0 Å². The molecule has 2 aromatic rings. The van der Waals surface area contributed by atoms with Crippen LogP contribution in [0.15, 0.2) is 29.2 Å². The van der Waals surface area contributed by atoms with Gasteiger partial charge in [-0.2, -0.15) is 5.10 Å². The number of aryl methyl sites for hydroxylation is 3. The van der Waals surface area contributed by atoms with E-state index in [9.17, 15) is 0 Å². The lowest BCUT2D eigenvalue weighted by atomic mass is 9.91. The van der Waals surface area contributed by atoms with Gasteiger partial charge in [-0.1, -0.05) is 38.3 Å². The average molecular weight is 429 g/mol. The van der Waals surface area contributed by atoms with E-state index in [2.05, 4.69) is 54.8 Å². The number of unbranched alkanes of at least 4 members (excludes halogenated alkanes) is 2. The Morgan fingerprint density at radius 1 is 1.03 bits per heavy atom. The predicted molar refractivity (Wildman–Crippen MR) is 130 cm³/mol. The van der Waals surface area contributed by atoms with Crippen molar-refractivity contribution in [3.63, 3.8) is 0 Å². The van der Waals surface area contributed by atoms with E-state index < -0.39 is 0 Å². The van der Waals surface area contributed by atoms with Crippen LogP contribution in [0.2, 0.25) is 0 Å². The quantitative estimate of drug-likeness (QED) is 0.339. The number of benzene rings is 1. The summed E-state index contributed by atoms with van der Waals surface area (Å²) < 4.78 is 5.56. The van der Waals surface area contributed by atoms with Crippen molar-refractivity contribution in [2.45, 2.75) is 76.5 Å². The second kappa shape index (κ2) is 11.8. The Hall–Kier alpha value is -1.46. The maximum atomic E-state index is 4.69. The van der Waals surface area contributed by atoms with E-state index in [0.29, 0.717) is 0 Å². The smallest absolute Gasteiger partial charge is 0.0890 e. The first-order valence-electron chi connectivity index (χ1n) is 11.8. The Labute approximate surface area is 187 Å². The zero-order chi connectivity index (χ0) is 21.3. The Morgan fingerprint density at radius 3 is 2.47 bits per heavy atom. The Morgan fingerprint density at radius 2 is 1.77 bits per heavy atom. The molecule has 0 spiro atoms. The molecule has 1 aliphatic rings. The molecular weight excluding hydrogens is 388 g/mol. The van der Waals surface area contributed by atoms with Gasteiger partial charge in [-0.25, -0.2) is 0 Å². The van der Waals surface area contributed by atoms with Gasteiger partial charge >= 0.3 is 0 Å². The van der Waals surface area contributed by atoms with Crippen LogP contribution >= 0.6 is 11.9 Å². The highest BCUT2D eigenvalue weighted by Crippen LogP contribution is 2.28. The van der Waals surface area contributed by atoms with Crippen LogP contribution in [-0.4, -0.2) is 34.8 Å². The molecule has 0 atom stereocenters. The monoisotopic (exact) mass is 428 g/mol. The van der Waals surface area contributed by atoms with Crippen molar-refractivity contribution in [3.05, 3.63) is 41.2 Å². The van der Waals surface area contributed by atoms with E-state index in [1.54, 1.807) is 11.9 Å². The third-order valence-corrected chi connectivity index (χ3v) is 7.35. The van der Waals surface area contributed by atoms with Gasteiger partial charge in [0, 0.05) is 11.9 Å². The first-order chi connectivity index (χ1) is 14.6. The van der Waals surface area contributed by atoms with Gasteiger partial charge in [-0.15, -0.1) is 0 Å². The van der Waals surface area contributed by atoms with Gasteiger partial charge in [0.2, 0.25) is 0 Å². The number of nitrogens with one attached hydrogen (secondary N) is 1. The van der Waals surface area contributed by atoms with Gasteiger partial charge in [-0.05, 0) is 101 Å². The second-order valence-corrected chi connectivity index (χ2v) is 9.85. The largest absolute Gasteiger partial charge is 0.323 e. The molecule has 30 heavy (non-hydrogen) atoms. The van der Waals surface area contributed by atoms with Crippen molar-refractivity contribution in [3.8, 4) is 0 Å². The first-order valence-corrected chi connectivity index (χ1v) is 12.6. The van der Waals surface area contributed by atoms with Crippen LogP contribution in [0.5, 0.6) is 0 Å². The Bertz CT molecular complexity index is 760. The van der Waals surface area contributed by atoms with Gasteiger partial charge in [0.1, 0.15) is 0 Å². The summed E-state index contributed by atoms with van der Waals surface area (Å²) in [6.07, 6.45) is 11.5. The number of likely N-dealkylation sites (tertiary alicyclic amines) is 1. The molecule has 0 unspecified atom stereocenters. The fraction of sp³-hybridized carbons (Fsp3) is 0.640. The molecule has 0 saturated carbocycles. The van der Waals surface area contributed by atoms with E-state index in [0.717, 1.165) is 12.3 Å². The van der Waals surface area contributed by atoms with Crippen molar-refractivity contribution in [1.82, 2.24) is 14.7 Å². The number of nitrogens with zero attached hydrogens (tertiary/aromatic N) is 3. The molecule has 1 aromatic carbocycles. The minimum atomic E-state index is 0.962. The standard InChI is InChI=1S/C25H40N4S/c1-5-6-11-24-25(20(2)29(4)26-24)27-30-23-14-12-21(13-15-23)9-7-8-10-22-16-18-28(3)19-17-22/h12-15,22,27H,5-11,16-19H2,1-4H3. The van der Waals surface area contributed by atoms with E-state index in [-0.39, 0.29) is 0 Å². The lowest BCUT2D eigenvalue weighted by Crippen LogP contribution is -2.30. The molecule has 4 nitrogen and oxygen atoms in total. The normalized spacial score (nSPS) is 15.6. The summed E-state index contributed by atoms with van der Waals surface area (Å²) in [5.74, 6) is 0.962.